The Bertz CT molecular complexity index is 560. The fourth-order valence-electron chi connectivity index (χ4n) is 1.76. The van der Waals surface area contributed by atoms with Gasteiger partial charge in [0.15, 0.2) is 0 Å². The lowest BCUT2D eigenvalue weighted by molar-refractivity contribution is -0.393. The van der Waals surface area contributed by atoms with Crippen molar-refractivity contribution < 1.29 is 19.7 Å². The summed E-state index contributed by atoms with van der Waals surface area (Å²) in [5.41, 5.74) is -0.992. The first kappa shape index (κ1) is 16.3. The summed E-state index contributed by atoms with van der Waals surface area (Å²) in [6, 6.07) is 2.07. The lowest BCUT2D eigenvalue weighted by atomic mass is 10.1. The largest absolute Gasteiger partial charge is 0.480 e. The van der Waals surface area contributed by atoms with Crippen LogP contribution >= 0.6 is 0 Å². The molecule has 0 radical (unpaired) electrons. The molecule has 0 aliphatic carbocycles. The zero-order valence-electron chi connectivity index (χ0n) is 11.3. The molecule has 0 amide bonds. The summed E-state index contributed by atoms with van der Waals surface area (Å²) in [5, 5.41) is 33.2. The van der Waals surface area contributed by atoms with E-state index in [1.165, 1.54) is 0 Å². The maximum atomic E-state index is 11.1. The second-order valence-corrected chi connectivity index (χ2v) is 4.39. The highest BCUT2D eigenvalue weighted by molar-refractivity contribution is 5.79. The molecule has 2 N–H and O–H groups in total. The number of carboxylic acids is 1. The van der Waals surface area contributed by atoms with E-state index >= 15 is 0 Å². The number of benzene rings is 1. The quantitative estimate of drug-likeness (QED) is 0.555. The van der Waals surface area contributed by atoms with Crippen LogP contribution in [0.4, 0.5) is 17.1 Å². The third-order valence-corrected chi connectivity index (χ3v) is 2.86. The highest BCUT2D eigenvalue weighted by atomic mass is 16.6. The fourth-order valence-corrected chi connectivity index (χ4v) is 1.76. The molecule has 1 rings (SSSR count). The average Bonchev–Trinajstić information content (AvgIpc) is 2.42. The van der Waals surface area contributed by atoms with Crippen LogP contribution in [0.3, 0.4) is 0 Å². The first-order valence-electron chi connectivity index (χ1n) is 6.29. The number of anilines is 1. The van der Waals surface area contributed by atoms with Crippen molar-refractivity contribution in [3.05, 3.63) is 38.4 Å². The van der Waals surface area contributed by atoms with Gasteiger partial charge in [-0.2, -0.15) is 0 Å². The summed E-state index contributed by atoms with van der Waals surface area (Å²) in [7, 11) is 0. The monoisotopic (exact) mass is 297 g/mol. The molecular weight excluding hydrogens is 282 g/mol. The number of hydrogen-bond donors (Lipinski definition) is 2. The molecule has 21 heavy (non-hydrogen) atoms. The van der Waals surface area contributed by atoms with E-state index in [0.29, 0.717) is 12.8 Å². The number of rotatable bonds is 8. The second kappa shape index (κ2) is 7.17. The molecule has 0 aliphatic heterocycles. The van der Waals surface area contributed by atoms with Crippen LogP contribution in [-0.2, 0) is 4.79 Å². The van der Waals surface area contributed by atoms with E-state index in [0.717, 1.165) is 24.6 Å². The van der Waals surface area contributed by atoms with Crippen LogP contribution < -0.4 is 5.32 Å². The van der Waals surface area contributed by atoms with Crippen molar-refractivity contribution in [1.29, 1.82) is 0 Å². The topological polar surface area (TPSA) is 136 Å². The maximum Gasteiger partial charge on any atom is 0.326 e. The number of non-ortho nitro benzene ring substituents is 1. The number of carboxylic acid groups (broad SMARTS) is 1. The number of aliphatic carboxylic acids is 1. The predicted molar refractivity (Wildman–Crippen MR) is 74.3 cm³/mol. The lowest BCUT2D eigenvalue weighted by Gasteiger charge is -2.15. The van der Waals surface area contributed by atoms with Crippen molar-refractivity contribution in [2.75, 3.05) is 5.32 Å². The van der Waals surface area contributed by atoms with Gasteiger partial charge in [-0.25, -0.2) is 4.79 Å². The van der Waals surface area contributed by atoms with Crippen LogP contribution in [0, 0.1) is 20.2 Å². The normalized spacial score (nSPS) is 11.7. The van der Waals surface area contributed by atoms with Crippen LogP contribution in [0.5, 0.6) is 0 Å². The molecule has 0 saturated carbocycles. The number of nitrogens with one attached hydrogen (secondary N) is 1. The zero-order chi connectivity index (χ0) is 16.0. The van der Waals surface area contributed by atoms with Gasteiger partial charge in [0.1, 0.15) is 11.7 Å². The zero-order valence-corrected chi connectivity index (χ0v) is 11.3. The van der Waals surface area contributed by atoms with Gasteiger partial charge in [0.2, 0.25) is 0 Å². The molecule has 0 aliphatic rings. The minimum Gasteiger partial charge on any atom is -0.480 e. The maximum absolute atomic E-state index is 11.1. The van der Waals surface area contributed by atoms with Crippen LogP contribution in [0.15, 0.2) is 18.2 Å². The molecule has 0 spiro atoms. The van der Waals surface area contributed by atoms with Crippen molar-refractivity contribution in [3.8, 4) is 0 Å². The average molecular weight is 297 g/mol. The van der Waals surface area contributed by atoms with Crippen molar-refractivity contribution in [2.45, 2.75) is 32.2 Å². The van der Waals surface area contributed by atoms with Gasteiger partial charge in [-0.05, 0) is 12.5 Å². The van der Waals surface area contributed by atoms with Crippen LogP contribution in [0.25, 0.3) is 0 Å². The van der Waals surface area contributed by atoms with Gasteiger partial charge in [-0.15, -0.1) is 0 Å². The van der Waals surface area contributed by atoms with Crippen molar-refractivity contribution in [2.24, 2.45) is 0 Å². The van der Waals surface area contributed by atoms with Crippen LogP contribution in [-0.4, -0.2) is 27.0 Å². The smallest absolute Gasteiger partial charge is 0.326 e. The van der Waals surface area contributed by atoms with E-state index in [1.54, 1.807) is 0 Å². The summed E-state index contributed by atoms with van der Waals surface area (Å²) in [6.45, 7) is 1.90. The van der Waals surface area contributed by atoms with Crippen molar-refractivity contribution >= 4 is 23.0 Å². The molecule has 1 unspecified atom stereocenters. The van der Waals surface area contributed by atoms with Gasteiger partial charge in [0.05, 0.1) is 15.9 Å². The summed E-state index contributed by atoms with van der Waals surface area (Å²) in [4.78, 5) is 31.2. The molecule has 1 aromatic carbocycles. The van der Waals surface area contributed by atoms with Crippen molar-refractivity contribution in [3.63, 3.8) is 0 Å². The molecular formula is C12H15N3O6. The predicted octanol–water partition coefficient (Wildman–Crippen LogP) is 2.56. The number of hydrogen-bond acceptors (Lipinski definition) is 6. The summed E-state index contributed by atoms with van der Waals surface area (Å²) in [6.07, 6.45) is 1.73. The third-order valence-electron chi connectivity index (χ3n) is 2.86. The Morgan fingerprint density at radius 2 is 2.00 bits per heavy atom. The van der Waals surface area contributed by atoms with E-state index in [9.17, 15) is 25.0 Å². The standard InChI is InChI=1S/C12H15N3O6/c1-2-3-4-10(12(16)17)13-9-6-5-8(14(18)19)7-11(9)15(20)21/h5-7,10,13H,2-4H2,1H3,(H,16,17). The Balaban J connectivity index is 3.07. The molecule has 114 valence electrons. The highest BCUT2D eigenvalue weighted by Crippen LogP contribution is 2.29. The third kappa shape index (κ3) is 4.41. The van der Waals surface area contributed by atoms with E-state index in [-0.39, 0.29) is 5.69 Å². The number of unbranched alkanes of at least 4 members (excludes halogenated alkanes) is 1. The number of nitrogens with zero attached hydrogens (tertiary/aromatic N) is 2. The molecule has 0 bridgehead atoms. The Labute approximate surface area is 119 Å². The van der Waals surface area contributed by atoms with Gasteiger partial charge >= 0.3 is 5.97 Å². The minimum absolute atomic E-state index is 0.0471. The van der Waals surface area contributed by atoms with Crippen LogP contribution in [0.1, 0.15) is 26.2 Å². The molecule has 9 nitrogen and oxygen atoms in total. The van der Waals surface area contributed by atoms with E-state index in [2.05, 4.69) is 5.32 Å². The molecule has 9 heteroatoms. The summed E-state index contributed by atoms with van der Waals surface area (Å²) in [5.74, 6) is -1.13. The van der Waals surface area contributed by atoms with E-state index in [1.807, 2.05) is 6.92 Å². The van der Waals surface area contributed by atoms with E-state index in [4.69, 9.17) is 5.11 Å². The Hall–Kier alpha value is -2.71. The molecule has 0 aromatic heterocycles. The molecule has 0 fully saturated rings. The molecule has 1 atom stereocenters. The fraction of sp³-hybridized carbons (Fsp3) is 0.417. The van der Waals surface area contributed by atoms with Gasteiger partial charge in [0.25, 0.3) is 11.4 Å². The first-order valence-corrected chi connectivity index (χ1v) is 6.29. The van der Waals surface area contributed by atoms with E-state index < -0.39 is 33.2 Å². The number of nitro benzene ring substituents is 2. The molecule has 0 saturated heterocycles. The number of carbonyl (C=O) groups is 1. The molecule has 0 heterocycles. The highest BCUT2D eigenvalue weighted by Gasteiger charge is 2.24. The van der Waals surface area contributed by atoms with Crippen molar-refractivity contribution in [1.82, 2.24) is 0 Å². The summed E-state index contributed by atoms with van der Waals surface area (Å²) >= 11 is 0. The van der Waals surface area contributed by atoms with Crippen LogP contribution in [0.2, 0.25) is 0 Å². The second-order valence-electron chi connectivity index (χ2n) is 4.39. The van der Waals surface area contributed by atoms with Gasteiger partial charge in [-0.1, -0.05) is 19.8 Å². The summed E-state index contributed by atoms with van der Waals surface area (Å²) < 4.78 is 0. The SMILES string of the molecule is CCCCC(Nc1ccc([N+](=O)[O-])cc1[N+](=O)[O-])C(=O)O. The Morgan fingerprint density at radius 1 is 1.33 bits per heavy atom. The molecule has 1 aromatic rings. The first-order chi connectivity index (χ1) is 9.86. The lowest BCUT2D eigenvalue weighted by Crippen LogP contribution is -2.29. The van der Waals surface area contributed by atoms with Gasteiger partial charge in [-0.3, -0.25) is 20.2 Å². The Morgan fingerprint density at radius 3 is 2.48 bits per heavy atom. The Kier molecular flexibility index (Phi) is 5.58. The van der Waals surface area contributed by atoms with Gasteiger partial charge < -0.3 is 10.4 Å². The number of nitro groups is 2. The minimum atomic E-state index is -1.13. The van der Waals surface area contributed by atoms with Gasteiger partial charge in [0, 0.05) is 6.07 Å².